The van der Waals surface area contributed by atoms with Gasteiger partial charge < -0.3 is 9.73 Å². The predicted octanol–water partition coefficient (Wildman–Crippen LogP) is 4.28. The fourth-order valence-electron chi connectivity index (χ4n) is 2.21. The lowest BCUT2D eigenvalue weighted by molar-refractivity contribution is -0.137. The Morgan fingerprint density at radius 2 is 2.08 bits per heavy atom. The van der Waals surface area contributed by atoms with Gasteiger partial charge in [0.05, 0.1) is 22.4 Å². The third-order valence-electron chi connectivity index (χ3n) is 3.34. The summed E-state index contributed by atoms with van der Waals surface area (Å²) in [7, 11) is 0. The Bertz CT molecular complexity index is 711. The van der Waals surface area contributed by atoms with Gasteiger partial charge in [-0.2, -0.15) is 13.2 Å². The number of carbonyl (C=O) groups is 1. The maximum absolute atomic E-state index is 12.5. The number of nitrogens with one attached hydrogen (secondary N) is 1. The van der Waals surface area contributed by atoms with Crippen LogP contribution >= 0.6 is 11.8 Å². The largest absolute Gasteiger partial charge is 0.466 e. The molecule has 2 aromatic heterocycles. The molecule has 2 rings (SSSR count). The van der Waals surface area contributed by atoms with Crippen LogP contribution in [0.1, 0.15) is 35.6 Å². The van der Waals surface area contributed by atoms with Crippen LogP contribution in [0.15, 0.2) is 33.8 Å². The van der Waals surface area contributed by atoms with E-state index < -0.39 is 11.7 Å². The zero-order chi connectivity index (χ0) is 17.9. The second kappa shape index (κ2) is 7.29. The van der Waals surface area contributed by atoms with Crippen molar-refractivity contribution in [1.29, 1.82) is 0 Å². The van der Waals surface area contributed by atoms with E-state index in [-0.39, 0.29) is 17.7 Å². The summed E-state index contributed by atoms with van der Waals surface area (Å²) in [6.45, 7) is 5.50. The van der Waals surface area contributed by atoms with Gasteiger partial charge in [0.25, 0.3) is 0 Å². The first kappa shape index (κ1) is 18.4. The summed E-state index contributed by atoms with van der Waals surface area (Å²) in [5.74, 6) is 1.36. The molecule has 2 aromatic rings. The zero-order valence-corrected chi connectivity index (χ0v) is 14.2. The smallest absolute Gasteiger partial charge is 0.417 e. The maximum atomic E-state index is 12.5. The molecule has 8 heteroatoms. The van der Waals surface area contributed by atoms with Crippen molar-refractivity contribution in [3.05, 3.63) is 47.0 Å². The number of thioether (sulfide) groups is 1. The molecule has 0 saturated carbocycles. The van der Waals surface area contributed by atoms with Crippen LogP contribution in [0.5, 0.6) is 0 Å². The Morgan fingerprint density at radius 1 is 1.38 bits per heavy atom. The molecule has 1 N–H and O–H groups in total. The number of amides is 1. The van der Waals surface area contributed by atoms with Gasteiger partial charge in [0, 0.05) is 11.8 Å². The number of alkyl halides is 3. The molecule has 1 atom stereocenters. The topological polar surface area (TPSA) is 55.1 Å². The van der Waals surface area contributed by atoms with Crippen LogP contribution < -0.4 is 5.32 Å². The van der Waals surface area contributed by atoms with Crippen molar-refractivity contribution >= 4 is 17.7 Å². The molecule has 0 aliphatic carbocycles. The third kappa shape index (κ3) is 4.77. The molecule has 130 valence electrons. The van der Waals surface area contributed by atoms with Gasteiger partial charge in [0.15, 0.2) is 0 Å². The normalized spacial score (nSPS) is 12.9. The molecule has 24 heavy (non-hydrogen) atoms. The average molecular weight is 358 g/mol. The molecule has 0 aromatic carbocycles. The van der Waals surface area contributed by atoms with Gasteiger partial charge in [0.2, 0.25) is 5.91 Å². The lowest BCUT2D eigenvalue weighted by Crippen LogP contribution is -2.28. The molecule has 0 saturated heterocycles. The molecule has 1 amide bonds. The monoisotopic (exact) mass is 358 g/mol. The fourth-order valence-corrected chi connectivity index (χ4v) is 2.87. The van der Waals surface area contributed by atoms with Crippen molar-refractivity contribution < 1.29 is 22.4 Å². The number of aryl methyl sites for hydroxylation is 2. The average Bonchev–Trinajstić information content (AvgIpc) is 2.83. The van der Waals surface area contributed by atoms with Crippen molar-refractivity contribution in [2.75, 3.05) is 5.75 Å². The number of furan rings is 1. The minimum absolute atomic E-state index is 0.0680. The minimum Gasteiger partial charge on any atom is -0.466 e. The molecule has 0 spiro atoms. The Morgan fingerprint density at radius 3 is 2.58 bits per heavy atom. The fraction of sp³-hybridized carbons (Fsp3) is 0.375. The summed E-state index contributed by atoms with van der Waals surface area (Å²) in [4.78, 5) is 15.7. The van der Waals surface area contributed by atoms with Crippen LogP contribution in [0.25, 0.3) is 0 Å². The maximum Gasteiger partial charge on any atom is 0.417 e. The van der Waals surface area contributed by atoms with Crippen LogP contribution in [-0.2, 0) is 11.0 Å². The summed E-state index contributed by atoms with van der Waals surface area (Å²) in [6.07, 6.45) is -3.65. The second-order valence-corrected chi connectivity index (χ2v) is 6.32. The molecule has 1 unspecified atom stereocenters. The van der Waals surface area contributed by atoms with Gasteiger partial charge in [-0.3, -0.25) is 4.79 Å². The van der Waals surface area contributed by atoms with Crippen LogP contribution in [0, 0.1) is 13.8 Å². The predicted molar refractivity (Wildman–Crippen MR) is 84.7 cm³/mol. The van der Waals surface area contributed by atoms with Crippen molar-refractivity contribution in [2.45, 2.75) is 38.0 Å². The number of aromatic nitrogens is 1. The van der Waals surface area contributed by atoms with E-state index in [9.17, 15) is 18.0 Å². The van der Waals surface area contributed by atoms with Gasteiger partial charge in [-0.15, -0.1) is 0 Å². The van der Waals surface area contributed by atoms with Crippen molar-refractivity contribution in [3.8, 4) is 0 Å². The molecule has 0 fully saturated rings. The first-order valence-electron chi connectivity index (χ1n) is 7.19. The van der Waals surface area contributed by atoms with Gasteiger partial charge in [0.1, 0.15) is 11.5 Å². The highest BCUT2D eigenvalue weighted by Crippen LogP contribution is 2.29. The van der Waals surface area contributed by atoms with Gasteiger partial charge in [-0.25, -0.2) is 4.98 Å². The lowest BCUT2D eigenvalue weighted by Gasteiger charge is -2.13. The van der Waals surface area contributed by atoms with Gasteiger partial charge >= 0.3 is 6.18 Å². The van der Waals surface area contributed by atoms with Crippen molar-refractivity contribution in [2.24, 2.45) is 0 Å². The number of hydrogen-bond donors (Lipinski definition) is 1. The first-order valence-corrected chi connectivity index (χ1v) is 8.17. The molecule has 0 aliphatic heterocycles. The highest BCUT2D eigenvalue weighted by molar-refractivity contribution is 7.99. The quantitative estimate of drug-likeness (QED) is 0.811. The number of rotatable bonds is 5. The number of nitrogens with zero attached hydrogens (tertiary/aromatic N) is 1. The van der Waals surface area contributed by atoms with Crippen LogP contribution in [0.2, 0.25) is 0 Å². The number of halogens is 3. The van der Waals surface area contributed by atoms with E-state index in [4.69, 9.17) is 4.42 Å². The molecule has 0 radical (unpaired) electrons. The van der Waals surface area contributed by atoms with Crippen LogP contribution in [0.4, 0.5) is 13.2 Å². The van der Waals surface area contributed by atoms with E-state index in [1.54, 1.807) is 0 Å². The van der Waals surface area contributed by atoms with Gasteiger partial charge in [-0.1, -0.05) is 11.8 Å². The summed E-state index contributed by atoms with van der Waals surface area (Å²) in [5.41, 5.74) is 0.0919. The second-order valence-electron chi connectivity index (χ2n) is 5.33. The summed E-state index contributed by atoms with van der Waals surface area (Å²) in [6, 6.07) is 3.86. The molecule has 2 heterocycles. The van der Waals surface area contributed by atoms with Crippen LogP contribution in [0.3, 0.4) is 0 Å². The summed E-state index contributed by atoms with van der Waals surface area (Å²) < 4.78 is 42.8. The van der Waals surface area contributed by atoms with E-state index in [1.165, 1.54) is 6.07 Å². The number of carbonyl (C=O) groups excluding carboxylic acids is 1. The Hall–Kier alpha value is -1.96. The van der Waals surface area contributed by atoms with E-state index in [1.807, 2.05) is 26.8 Å². The van der Waals surface area contributed by atoms with E-state index in [2.05, 4.69) is 10.3 Å². The Balaban J connectivity index is 1.88. The standard InChI is InChI=1S/C16H17F3N2O2S/c1-9-6-13(11(3)23-9)10(2)21-14(22)8-24-15-5-4-12(7-20-15)16(17,18)19/h4-7,10H,8H2,1-3H3,(H,21,22). The molecular weight excluding hydrogens is 341 g/mol. The van der Waals surface area contributed by atoms with E-state index in [0.717, 1.165) is 41.1 Å². The minimum atomic E-state index is -4.41. The Kier molecular flexibility index (Phi) is 5.58. The third-order valence-corrected chi connectivity index (χ3v) is 4.28. The number of pyridine rings is 1. The molecule has 0 aliphatic rings. The zero-order valence-electron chi connectivity index (χ0n) is 13.4. The first-order chi connectivity index (χ1) is 11.2. The highest BCUT2D eigenvalue weighted by atomic mass is 32.2. The van der Waals surface area contributed by atoms with E-state index in [0.29, 0.717) is 5.03 Å². The van der Waals surface area contributed by atoms with Gasteiger partial charge in [-0.05, 0) is 39.0 Å². The van der Waals surface area contributed by atoms with Crippen molar-refractivity contribution in [1.82, 2.24) is 10.3 Å². The molecule has 4 nitrogen and oxygen atoms in total. The van der Waals surface area contributed by atoms with E-state index >= 15 is 0 Å². The number of hydrogen-bond acceptors (Lipinski definition) is 4. The van der Waals surface area contributed by atoms with Crippen LogP contribution in [-0.4, -0.2) is 16.6 Å². The SMILES string of the molecule is Cc1cc(C(C)NC(=O)CSc2ccc(C(F)(F)F)cn2)c(C)o1. The molecule has 0 bridgehead atoms. The Labute approximate surface area is 141 Å². The van der Waals surface area contributed by atoms with Crippen molar-refractivity contribution in [3.63, 3.8) is 0 Å². The molecular formula is C16H17F3N2O2S. The summed E-state index contributed by atoms with van der Waals surface area (Å²) >= 11 is 1.08. The highest BCUT2D eigenvalue weighted by Gasteiger charge is 2.30. The lowest BCUT2D eigenvalue weighted by atomic mass is 10.1. The summed E-state index contributed by atoms with van der Waals surface area (Å²) in [5, 5.41) is 3.19.